The van der Waals surface area contributed by atoms with Crippen molar-refractivity contribution in [2.24, 2.45) is 0 Å². The van der Waals surface area contributed by atoms with E-state index in [1.165, 1.54) is 12.1 Å². The molecule has 2 saturated heterocycles. The van der Waals surface area contributed by atoms with Gasteiger partial charge in [-0.1, -0.05) is 18.2 Å². The molecule has 7 nitrogen and oxygen atoms in total. The van der Waals surface area contributed by atoms with Gasteiger partial charge in [0.15, 0.2) is 0 Å². The monoisotopic (exact) mass is 429 g/mol. The number of carbonyl (C=O) groups is 1. The Morgan fingerprint density at radius 2 is 1.71 bits per heavy atom. The van der Waals surface area contributed by atoms with E-state index in [0.717, 1.165) is 18.8 Å². The van der Waals surface area contributed by atoms with Gasteiger partial charge in [0.1, 0.15) is 18.0 Å². The largest absolute Gasteiger partial charge is 0.394 e. The average Bonchev–Trinajstić information content (AvgIpc) is 3.14. The first-order chi connectivity index (χ1) is 15.1. The van der Waals surface area contributed by atoms with Gasteiger partial charge in [-0.05, 0) is 36.4 Å². The molecule has 2 aliphatic rings. The summed E-state index contributed by atoms with van der Waals surface area (Å²) in [7, 11) is 0. The maximum atomic E-state index is 13.2. The number of aliphatic hydroxyl groups excluding tert-OH is 2. The zero-order chi connectivity index (χ0) is 21.8. The number of amides is 1. The van der Waals surface area contributed by atoms with Crippen LogP contribution in [-0.4, -0.2) is 84.7 Å². The Bertz CT molecular complexity index is 859. The molecule has 166 valence electrons. The minimum absolute atomic E-state index is 0.203. The SMILES string of the molecule is O=C(NC[C@H]1O[C@@H](CO)[C@@H](O)[C@H]1N1CCN(c2ccc(F)cc2)CC1)c1ccccc1. The third kappa shape index (κ3) is 4.88. The lowest BCUT2D eigenvalue weighted by Crippen LogP contribution is -2.57. The van der Waals surface area contributed by atoms with Crippen LogP contribution in [0.15, 0.2) is 54.6 Å². The fourth-order valence-corrected chi connectivity index (χ4v) is 4.41. The Labute approximate surface area is 181 Å². The highest BCUT2D eigenvalue weighted by Gasteiger charge is 2.46. The molecule has 0 spiro atoms. The first-order valence-electron chi connectivity index (χ1n) is 10.6. The Hall–Kier alpha value is -2.52. The van der Waals surface area contributed by atoms with E-state index in [0.29, 0.717) is 18.7 Å². The predicted octanol–water partition coefficient (Wildman–Crippen LogP) is 0.867. The Balaban J connectivity index is 1.39. The molecule has 2 aromatic carbocycles. The number of rotatable bonds is 6. The second-order valence-corrected chi connectivity index (χ2v) is 7.95. The van der Waals surface area contributed by atoms with E-state index in [2.05, 4.69) is 15.1 Å². The van der Waals surface area contributed by atoms with Gasteiger partial charge in [0.05, 0.1) is 18.8 Å². The molecule has 8 heteroatoms. The number of anilines is 1. The zero-order valence-electron chi connectivity index (χ0n) is 17.2. The van der Waals surface area contributed by atoms with Gasteiger partial charge < -0.3 is 25.2 Å². The maximum absolute atomic E-state index is 13.2. The Kier molecular flexibility index (Phi) is 6.82. The van der Waals surface area contributed by atoms with E-state index >= 15 is 0 Å². The molecule has 0 unspecified atom stereocenters. The molecule has 4 rings (SSSR count). The standard InChI is InChI=1S/C23H28FN3O4/c24-17-6-8-18(9-7-17)26-10-12-27(13-11-26)21-19(31-20(15-28)22(21)29)14-25-23(30)16-4-2-1-3-5-16/h1-9,19-22,28-29H,10-15H2,(H,25,30)/t19-,20+,21+,22-/m1/s1. The van der Waals surface area contributed by atoms with Gasteiger partial charge >= 0.3 is 0 Å². The third-order valence-corrected chi connectivity index (χ3v) is 6.07. The maximum Gasteiger partial charge on any atom is 0.251 e. The van der Waals surface area contributed by atoms with Crippen LogP contribution in [0.25, 0.3) is 0 Å². The van der Waals surface area contributed by atoms with Gasteiger partial charge in [0.2, 0.25) is 0 Å². The molecular formula is C23H28FN3O4. The molecule has 2 aliphatic heterocycles. The number of carbonyl (C=O) groups excluding carboxylic acids is 1. The summed E-state index contributed by atoms with van der Waals surface area (Å²) in [4.78, 5) is 16.7. The minimum atomic E-state index is -0.846. The third-order valence-electron chi connectivity index (χ3n) is 6.07. The van der Waals surface area contributed by atoms with Crippen molar-refractivity contribution in [1.29, 1.82) is 0 Å². The second-order valence-electron chi connectivity index (χ2n) is 7.95. The number of piperazine rings is 1. The number of hydrogen-bond donors (Lipinski definition) is 3. The van der Waals surface area contributed by atoms with Crippen LogP contribution in [0.4, 0.5) is 10.1 Å². The number of aliphatic hydroxyl groups is 2. The van der Waals surface area contributed by atoms with Crippen LogP contribution in [-0.2, 0) is 4.74 Å². The summed E-state index contributed by atoms with van der Waals surface area (Å²) >= 11 is 0. The van der Waals surface area contributed by atoms with Crippen LogP contribution in [0.2, 0.25) is 0 Å². The highest BCUT2D eigenvalue weighted by molar-refractivity contribution is 5.94. The summed E-state index contributed by atoms with van der Waals surface area (Å²) in [5.74, 6) is -0.463. The fourth-order valence-electron chi connectivity index (χ4n) is 4.41. The van der Waals surface area contributed by atoms with Gasteiger partial charge in [-0.15, -0.1) is 0 Å². The lowest BCUT2D eigenvalue weighted by molar-refractivity contribution is -0.0209. The summed E-state index contributed by atoms with van der Waals surface area (Å²) in [5.41, 5.74) is 1.52. The molecule has 0 aromatic heterocycles. The molecule has 0 bridgehead atoms. The molecule has 0 saturated carbocycles. The van der Waals surface area contributed by atoms with Crippen LogP contribution in [0.5, 0.6) is 0 Å². The van der Waals surface area contributed by atoms with E-state index in [4.69, 9.17) is 4.74 Å². The van der Waals surface area contributed by atoms with E-state index < -0.39 is 18.3 Å². The van der Waals surface area contributed by atoms with Gasteiger partial charge in [0, 0.05) is 44.0 Å². The first kappa shape index (κ1) is 21.7. The number of nitrogens with one attached hydrogen (secondary N) is 1. The van der Waals surface area contributed by atoms with Crippen molar-refractivity contribution >= 4 is 11.6 Å². The molecule has 0 radical (unpaired) electrons. The lowest BCUT2D eigenvalue weighted by atomic mass is 10.0. The molecule has 4 atom stereocenters. The van der Waals surface area contributed by atoms with E-state index in [1.807, 2.05) is 6.07 Å². The number of nitrogens with zero attached hydrogens (tertiary/aromatic N) is 2. The molecule has 2 aromatic rings. The van der Waals surface area contributed by atoms with Crippen molar-refractivity contribution in [3.8, 4) is 0 Å². The number of benzene rings is 2. The molecule has 2 fully saturated rings. The van der Waals surface area contributed by atoms with Crippen molar-refractivity contribution in [3.05, 3.63) is 66.0 Å². The quantitative estimate of drug-likeness (QED) is 0.632. The van der Waals surface area contributed by atoms with Crippen molar-refractivity contribution in [2.45, 2.75) is 24.4 Å². The molecule has 31 heavy (non-hydrogen) atoms. The number of ether oxygens (including phenoxy) is 1. The van der Waals surface area contributed by atoms with Crippen LogP contribution >= 0.6 is 0 Å². The zero-order valence-corrected chi connectivity index (χ0v) is 17.2. The van der Waals surface area contributed by atoms with Crippen molar-refractivity contribution in [1.82, 2.24) is 10.2 Å². The van der Waals surface area contributed by atoms with Crippen LogP contribution in [0.1, 0.15) is 10.4 Å². The molecule has 3 N–H and O–H groups in total. The molecular weight excluding hydrogens is 401 g/mol. The van der Waals surface area contributed by atoms with Crippen molar-refractivity contribution in [3.63, 3.8) is 0 Å². The normalized spacial score (nSPS) is 26.7. The van der Waals surface area contributed by atoms with Gasteiger partial charge in [-0.25, -0.2) is 4.39 Å². The summed E-state index contributed by atoms with van der Waals surface area (Å²) in [6.07, 6.45) is -1.96. The van der Waals surface area contributed by atoms with E-state index in [-0.39, 0.29) is 30.9 Å². The van der Waals surface area contributed by atoms with Crippen LogP contribution in [0.3, 0.4) is 0 Å². The Morgan fingerprint density at radius 1 is 1.03 bits per heavy atom. The van der Waals surface area contributed by atoms with Crippen molar-refractivity contribution in [2.75, 3.05) is 44.2 Å². The van der Waals surface area contributed by atoms with Crippen molar-refractivity contribution < 1.29 is 24.1 Å². The van der Waals surface area contributed by atoms with Crippen LogP contribution in [0, 0.1) is 5.82 Å². The lowest BCUT2D eigenvalue weighted by Gasteiger charge is -2.41. The smallest absolute Gasteiger partial charge is 0.251 e. The summed E-state index contributed by atoms with van der Waals surface area (Å²) in [6.45, 7) is 2.78. The highest BCUT2D eigenvalue weighted by atomic mass is 19.1. The second kappa shape index (κ2) is 9.74. The van der Waals surface area contributed by atoms with E-state index in [1.54, 1.807) is 36.4 Å². The summed E-state index contributed by atoms with van der Waals surface area (Å²) < 4.78 is 19.1. The number of halogens is 1. The molecule has 2 heterocycles. The minimum Gasteiger partial charge on any atom is -0.394 e. The average molecular weight is 429 g/mol. The van der Waals surface area contributed by atoms with E-state index in [9.17, 15) is 19.4 Å². The number of hydrogen-bond acceptors (Lipinski definition) is 6. The van der Waals surface area contributed by atoms with Gasteiger partial charge in [-0.3, -0.25) is 9.69 Å². The van der Waals surface area contributed by atoms with Crippen LogP contribution < -0.4 is 10.2 Å². The molecule has 0 aliphatic carbocycles. The highest BCUT2D eigenvalue weighted by Crippen LogP contribution is 2.27. The topological polar surface area (TPSA) is 85.3 Å². The van der Waals surface area contributed by atoms with Gasteiger partial charge in [-0.2, -0.15) is 0 Å². The Morgan fingerprint density at radius 3 is 2.35 bits per heavy atom. The predicted molar refractivity (Wildman–Crippen MR) is 115 cm³/mol. The first-order valence-corrected chi connectivity index (χ1v) is 10.6. The molecule has 1 amide bonds. The fraction of sp³-hybridized carbons (Fsp3) is 0.435. The summed E-state index contributed by atoms with van der Waals surface area (Å²) in [6, 6.07) is 15.0. The summed E-state index contributed by atoms with van der Waals surface area (Å²) in [5, 5.41) is 23.3. The van der Waals surface area contributed by atoms with Gasteiger partial charge in [0.25, 0.3) is 5.91 Å².